The van der Waals surface area contributed by atoms with Gasteiger partial charge in [0.15, 0.2) is 0 Å². The van der Waals surface area contributed by atoms with Crippen molar-refractivity contribution in [1.29, 1.82) is 0 Å². The third-order valence-corrected chi connectivity index (χ3v) is 8.50. The maximum absolute atomic E-state index is 11.3. The molecule has 4 aliphatic rings. The van der Waals surface area contributed by atoms with Crippen LogP contribution in [0.3, 0.4) is 0 Å². The molecular formula is C29H52N6O. The first-order valence-corrected chi connectivity index (χ1v) is 14.5. The van der Waals surface area contributed by atoms with E-state index in [-0.39, 0.29) is 5.92 Å². The van der Waals surface area contributed by atoms with Crippen LogP contribution in [0.2, 0.25) is 0 Å². The largest absolute Gasteiger partial charge is 0.314 e. The first kappa shape index (κ1) is 29.2. The lowest BCUT2D eigenvalue weighted by molar-refractivity contribution is -0.123. The second kappa shape index (κ2) is 15.1. The Bertz CT molecular complexity index is 731. The molecule has 36 heavy (non-hydrogen) atoms. The molecule has 7 nitrogen and oxygen atoms in total. The number of hydrogen-bond acceptors (Lipinski definition) is 7. The van der Waals surface area contributed by atoms with Crippen molar-refractivity contribution in [1.82, 2.24) is 30.0 Å². The summed E-state index contributed by atoms with van der Waals surface area (Å²) in [5.74, 6) is 1.27. The van der Waals surface area contributed by atoms with Crippen molar-refractivity contribution in [3.05, 3.63) is 24.3 Å². The molecule has 5 rings (SSSR count). The van der Waals surface area contributed by atoms with Gasteiger partial charge in [-0.2, -0.15) is 0 Å². The number of carbonyl (C=O) groups is 1. The van der Waals surface area contributed by atoms with E-state index in [1.807, 2.05) is 26.2 Å². The Hall–Kier alpha value is -1.41. The quantitative estimate of drug-likeness (QED) is 0.659. The molecule has 4 fully saturated rings. The number of nitrogens with zero attached hydrogens (tertiary/aromatic N) is 5. The summed E-state index contributed by atoms with van der Waals surface area (Å²) in [5.41, 5.74) is 1.33. The zero-order chi connectivity index (χ0) is 25.9. The minimum atomic E-state index is 0.180. The van der Waals surface area contributed by atoms with Crippen molar-refractivity contribution in [3.63, 3.8) is 0 Å². The molecule has 0 spiro atoms. The summed E-state index contributed by atoms with van der Waals surface area (Å²) < 4.78 is 0. The minimum Gasteiger partial charge on any atom is -0.314 e. The molecule has 1 aliphatic carbocycles. The molecule has 0 aromatic carbocycles. The van der Waals surface area contributed by atoms with Gasteiger partial charge in [-0.15, -0.1) is 0 Å². The van der Waals surface area contributed by atoms with Crippen molar-refractivity contribution < 1.29 is 4.79 Å². The molecule has 7 heteroatoms. The van der Waals surface area contributed by atoms with Gasteiger partial charge < -0.3 is 5.32 Å². The maximum Gasteiger partial charge on any atom is 0.149 e. The first-order chi connectivity index (χ1) is 17.3. The molecule has 3 aliphatic heterocycles. The van der Waals surface area contributed by atoms with Gasteiger partial charge in [0.2, 0.25) is 0 Å². The van der Waals surface area contributed by atoms with Gasteiger partial charge in [-0.1, -0.05) is 33.1 Å². The highest BCUT2D eigenvalue weighted by atomic mass is 16.1. The third-order valence-electron chi connectivity index (χ3n) is 8.50. The predicted molar refractivity (Wildman–Crippen MR) is 148 cm³/mol. The van der Waals surface area contributed by atoms with E-state index in [0.717, 1.165) is 50.2 Å². The fourth-order valence-electron chi connectivity index (χ4n) is 5.80. The van der Waals surface area contributed by atoms with Gasteiger partial charge in [-0.3, -0.25) is 19.5 Å². The molecule has 1 saturated carbocycles. The van der Waals surface area contributed by atoms with Crippen LogP contribution < -0.4 is 5.32 Å². The number of piperazine rings is 2. The Kier molecular flexibility index (Phi) is 12.2. The third kappa shape index (κ3) is 9.16. The Morgan fingerprint density at radius 1 is 0.944 bits per heavy atom. The normalized spacial score (nSPS) is 25.8. The molecule has 0 amide bonds. The van der Waals surface area contributed by atoms with E-state index in [1.54, 1.807) is 6.33 Å². The average molecular weight is 501 g/mol. The second-order valence-electron chi connectivity index (χ2n) is 11.8. The molecule has 4 heterocycles. The van der Waals surface area contributed by atoms with Crippen LogP contribution in [0.25, 0.3) is 0 Å². The number of likely N-dealkylation sites (N-methyl/N-ethyl adjacent to an activating group) is 1. The smallest absolute Gasteiger partial charge is 0.149 e. The van der Waals surface area contributed by atoms with Crippen LogP contribution in [-0.2, 0) is 4.79 Å². The zero-order valence-electron chi connectivity index (χ0n) is 23.7. The summed E-state index contributed by atoms with van der Waals surface area (Å²) in [7, 11) is 2.29. The van der Waals surface area contributed by atoms with Crippen LogP contribution in [0.5, 0.6) is 0 Å². The van der Waals surface area contributed by atoms with E-state index < -0.39 is 0 Å². The summed E-state index contributed by atoms with van der Waals surface area (Å²) in [6.45, 7) is 15.8. The molecule has 2 atom stereocenters. The van der Waals surface area contributed by atoms with Gasteiger partial charge in [0, 0.05) is 75.7 Å². The van der Waals surface area contributed by atoms with Gasteiger partial charge in [0.25, 0.3) is 0 Å². The van der Waals surface area contributed by atoms with Gasteiger partial charge in [0.1, 0.15) is 12.1 Å². The summed E-state index contributed by atoms with van der Waals surface area (Å²) in [6.07, 6.45) is 15.2. The fraction of sp³-hybridized carbons (Fsp3) is 0.828. The van der Waals surface area contributed by atoms with E-state index in [2.05, 4.69) is 50.9 Å². The molecular weight excluding hydrogens is 448 g/mol. The SMILES string of the molecule is CC(C)C(=O)CN1CCNCC1.CC(C)N1CC2CCC(C1)N2C.c1ncc(C2CCCCC2)cn1. The van der Waals surface area contributed by atoms with Gasteiger partial charge in [-0.05, 0) is 58.1 Å². The van der Waals surface area contributed by atoms with E-state index in [4.69, 9.17) is 0 Å². The fourth-order valence-corrected chi connectivity index (χ4v) is 5.80. The van der Waals surface area contributed by atoms with Crippen LogP contribution >= 0.6 is 0 Å². The average Bonchev–Trinajstić information content (AvgIpc) is 3.10. The zero-order valence-corrected chi connectivity index (χ0v) is 23.7. The van der Waals surface area contributed by atoms with Crippen LogP contribution in [-0.4, -0.2) is 101 Å². The number of carbonyl (C=O) groups excluding carboxylic acids is 1. The van der Waals surface area contributed by atoms with Crippen molar-refractivity contribution in [2.75, 3.05) is 52.9 Å². The lowest BCUT2D eigenvalue weighted by Crippen LogP contribution is -2.53. The van der Waals surface area contributed by atoms with Crippen molar-refractivity contribution in [2.45, 2.75) is 96.7 Å². The number of fused-ring (bicyclic) bond motifs is 2. The second-order valence-corrected chi connectivity index (χ2v) is 11.8. The van der Waals surface area contributed by atoms with Crippen molar-refractivity contribution in [3.8, 4) is 0 Å². The maximum atomic E-state index is 11.3. The molecule has 204 valence electrons. The molecule has 1 N–H and O–H groups in total. The van der Waals surface area contributed by atoms with Gasteiger partial charge in [-0.25, -0.2) is 9.97 Å². The molecule has 1 aromatic rings. The summed E-state index contributed by atoms with van der Waals surface area (Å²) in [4.78, 5) is 26.9. The van der Waals surface area contributed by atoms with Crippen molar-refractivity contribution in [2.24, 2.45) is 5.92 Å². The van der Waals surface area contributed by atoms with E-state index in [9.17, 15) is 4.79 Å². The standard InChI is InChI=1S/C10H20N2.C10H14N2.C9H18N2O/c1-8(2)12-6-9-4-5-10(7-12)11(9)3;1-2-4-9(5-3-1)10-6-11-8-12-7-10;1-8(2)9(12)7-11-5-3-10-4-6-11/h8-10H,4-7H2,1-3H3;6-9H,1-5H2;8,10H,3-7H2,1-2H3. The highest BCUT2D eigenvalue weighted by Crippen LogP contribution is 2.31. The molecule has 0 radical (unpaired) electrons. The van der Waals surface area contributed by atoms with Crippen LogP contribution in [0, 0.1) is 5.92 Å². The Morgan fingerprint density at radius 2 is 1.53 bits per heavy atom. The number of nitrogens with one attached hydrogen (secondary N) is 1. The molecule has 2 unspecified atom stereocenters. The molecule has 3 saturated heterocycles. The Balaban J connectivity index is 0.000000150. The Labute approximate surface area is 220 Å². The predicted octanol–water partition coefficient (Wildman–Crippen LogP) is 3.81. The van der Waals surface area contributed by atoms with Crippen LogP contribution in [0.4, 0.5) is 0 Å². The number of aromatic nitrogens is 2. The topological polar surface area (TPSA) is 64.6 Å². The first-order valence-electron chi connectivity index (χ1n) is 14.5. The van der Waals surface area contributed by atoms with Gasteiger partial charge in [0.05, 0.1) is 6.54 Å². The molecule has 1 aromatic heterocycles. The van der Waals surface area contributed by atoms with E-state index in [1.165, 1.54) is 63.6 Å². The number of hydrogen-bond donors (Lipinski definition) is 1. The lowest BCUT2D eigenvalue weighted by atomic mass is 9.85. The van der Waals surface area contributed by atoms with E-state index in [0.29, 0.717) is 12.3 Å². The highest BCUT2D eigenvalue weighted by molar-refractivity contribution is 5.82. The monoisotopic (exact) mass is 500 g/mol. The summed E-state index contributed by atoms with van der Waals surface area (Å²) in [5, 5.41) is 3.26. The van der Waals surface area contributed by atoms with Crippen LogP contribution in [0.15, 0.2) is 18.7 Å². The number of ketones is 1. The van der Waals surface area contributed by atoms with Crippen LogP contribution in [0.1, 0.15) is 84.1 Å². The molecule has 2 bridgehead atoms. The minimum absolute atomic E-state index is 0.180. The summed E-state index contributed by atoms with van der Waals surface area (Å²) >= 11 is 0. The number of likely N-dealkylation sites (tertiary alicyclic amines) is 1. The lowest BCUT2D eigenvalue weighted by Gasteiger charge is -2.40. The van der Waals surface area contributed by atoms with E-state index >= 15 is 0 Å². The summed E-state index contributed by atoms with van der Waals surface area (Å²) in [6, 6.07) is 2.44. The highest BCUT2D eigenvalue weighted by Gasteiger charge is 2.37. The van der Waals surface area contributed by atoms with Gasteiger partial charge >= 0.3 is 0 Å². The van der Waals surface area contributed by atoms with Crippen molar-refractivity contribution >= 4 is 5.78 Å². The number of Topliss-reactive ketones (excluding diaryl/α,β-unsaturated/α-hetero) is 1. The number of rotatable bonds is 5. The Morgan fingerprint density at radius 3 is 2.06 bits per heavy atom.